The van der Waals surface area contributed by atoms with Crippen molar-refractivity contribution in [1.82, 2.24) is 0 Å². The third kappa shape index (κ3) is 4.11. The van der Waals surface area contributed by atoms with Crippen molar-refractivity contribution in [3.8, 4) is 16.9 Å². The van der Waals surface area contributed by atoms with Gasteiger partial charge in [0.2, 0.25) is 0 Å². The monoisotopic (exact) mass is 478 g/mol. The lowest BCUT2D eigenvalue weighted by molar-refractivity contribution is -0.495. The molecule has 2 aliphatic carbocycles. The number of hydrogen-bond donors (Lipinski definition) is 0. The van der Waals surface area contributed by atoms with Gasteiger partial charge in [-0.2, -0.15) is 0 Å². The minimum absolute atomic E-state index is 0.0224. The summed E-state index contributed by atoms with van der Waals surface area (Å²) in [5, 5.41) is 0. The van der Waals surface area contributed by atoms with E-state index in [2.05, 4.69) is 57.2 Å². The first-order valence-electron chi connectivity index (χ1n) is 13.4. The van der Waals surface area contributed by atoms with Gasteiger partial charge in [-0.25, -0.2) is 9.78 Å². The van der Waals surface area contributed by atoms with Crippen LogP contribution in [0.4, 0.5) is 0 Å². The summed E-state index contributed by atoms with van der Waals surface area (Å²) in [5.74, 6) is 2.61. The molecule has 3 saturated heterocycles. The minimum Gasteiger partial charge on any atom is -0.491 e. The lowest BCUT2D eigenvalue weighted by atomic mass is 9.56. The molecule has 3 aliphatic heterocycles. The summed E-state index contributed by atoms with van der Waals surface area (Å²) < 4.78 is 19.0. The summed E-state index contributed by atoms with van der Waals surface area (Å²) in [6, 6.07) is 18.6. The highest BCUT2D eigenvalue weighted by atomic mass is 17.2. The van der Waals surface area contributed by atoms with Gasteiger partial charge < -0.3 is 14.2 Å². The van der Waals surface area contributed by atoms with Gasteiger partial charge in [0.05, 0.1) is 12.7 Å². The van der Waals surface area contributed by atoms with Crippen molar-refractivity contribution in [3.63, 3.8) is 0 Å². The first-order chi connectivity index (χ1) is 17.0. The summed E-state index contributed by atoms with van der Waals surface area (Å²) in [4.78, 5) is 12.4. The zero-order valence-corrected chi connectivity index (χ0v) is 21.2. The van der Waals surface area contributed by atoms with Crippen LogP contribution in [0.25, 0.3) is 11.1 Å². The molecular formula is C30H38O5. The summed E-state index contributed by atoms with van der Waals surface area (Å²) in [6.07, 6.45) is 5.24. The van der Waals surface area contributed by atoms with Crippen LogP contribution in [0.3, 0.4) is 0 Å². The highest BCUT2D eigenvalue weighted by Gasteiger charge is 2.68. The van der Waals surface area contributed by atoms with Crippen molar-refractivity contribution < 1.29 is 24.0 Å². The summed E-state index contributed by atoms with van der Waals surface area (Å²) in [7, 11) is 0. The summed E-state index contributed by atoms with van der Waals surface area (Å²) in [5.41, 5.74) is 1.80. The molecule has 2 aromatic rings. The molecule has 35 heavy (non-hydrogen) atoms. The molecule has 0 N–H and O–H groups in total. The third-order valence-electron chi connectivity index (χ3n) is 9.23. The van der Waals surface area contributed by atoms with Gasteiger partial charge in [-0.1, -0.05) is 56.3 Å². The SMILES string of the molecule is C[C@H]1[C@H](OCCOc2ccc(-c3ccccc3)cc2)O[C@@H]2C[C@@]3(C)CC[C@H]4[C@H](C)CC[C@@H]1[C@@]24OO3. The van der Waals surface area contributed by atoms with E-state index in [1.165, 1.54) is 17.5 Å². The maximum absolute atomic E-state index is 6.69. The van der Waals surface area contributed by atoms with Crippen LogP contribution in [-0.4, -0.2) is 36.8 Å². The van der Waals surface area contributed by atoms with Crippen LogP contribution < -0.4 is 4.74 Å². The van der Waals surface area contributed by atoms with Gasteiger partial charge in [-0.15, -0.1) is 0 Å². The first kappa shape index (κ1) is 23.5. The van der Waals surface area contributed by atoms with Crippen molar-refractivity contribution >= 4 is 0 Å². The fourth-order valence-corrected chi connectivity index (χ4v) is 7.31. The molecule has 0 amide bonds. The van der Waals surface area contributed by atoms with E-state index in [0.29, 0.717) is 31.0 Å². The molecule has 0 radical (unpaired) electrons. The Kier molecular flexibility index (Phi) is 6.16. The second-order valence-electron chi connectivity index (χ2n) is 11.4. The van der Waals surface area contributed by atoms with E-state index < -0.39 is 0 Å². The number of benzene rings is 2. The molecular weight excluding hydrogens is 440 g/mol. The topological polar surface area (TPSA) is 46.2 Å². The zero-order chi connectivity index (χ0) is 24.0. The molecule has 8 atom stereocenters. The van der Waals surface area contributed by atoms with E-state index in [1.807, 2.05) is 18.2 Å². The normalized spacial score (nSPS) is 40.1. The maximum Gasteiger partial charge on any atom is 0.161 e. The van der Waals surface area contributed by atoms with Crippen LogP contribution in [0, 0.1) is 23.7 Å². The van der Waals surface area contributed by atoms with Gasteiger partial charge in [0.1, 0.15) is 23.6 Å². The molecule has 3 heterocycles. The van der Waals surface area contributed by atoms with Crippen LogP contribution in [0.2, 0.25) is 0 Å². The molecule has 2 aromatic carbocycles. The second kappa shape index (κ2) is 9.19. The standard InChI is InChI=1S/C30H38O5/c1-20-9-14-26-21(2)28(33-27-19-29(3)16-15-25(20)30(26,27)35-34-29)32-18-17-31-24-12-10-23(11-13-24)22-7-5-4-6-8-22/h4-8,10-13,20-21,25-28H,9,14-19H2,1-3H3/t20-,21-,25+,26+,27-,28-,29-,30-/m1/s1. The second-order valence-corrected chi connectivity index (χ2v) is 11.4. The Labute approximate surface area is 209 Å². The Morgan fingerprint density at radius 1 is 0.857 bits per heavy atom. The van der Waals surface area contributed by atoms with Crippen LogP contribution in [0.15, 0.2) is 54.6 Å². The molecule has 2 saturated carbocycles. The maximum atomic E-state index is 6.69. The van der Waals surface area contributed by atoms with E-state index >= 15 is 0 Å². The molecule has 5 nitrogen and oxygen atoms in total. The smallest absolute Gasteiger partial charge is 0.161 e. The van der Waals surface area contributed by atoms with E-state index in [4.69, 9.17) is 24.0 Å². The van der Waals surface area contributed by atoms with Gasteiger partial charge in [0.25, 0.3) is 0 Å². The fraction of sp³-hybridized carbons (Fsp3) is 0.600. The largest absolute Gasteiger partial charge is 0.491 e. The molecule has 5 fully saturated rings. The van der Waals surface area contributed by atoms with E-state index in [0.717, 1.165) is 31.4 Å². The quantitative estimate of drug-likeness (QED) is 0.354. The summed E-state index contributed by atoms with van der Waals surface area (Å²) >= 11 is 0. The lowest BCUT2D eigenvalue weighted by Gasteiger charge is -2.61. The predicted molar refractivity (Wildman–Crippen MR) is 134 cm³/mol. The van der Waals surface area contributed by atoms with E-state index in [-0.39, 0.29) is 29.5 Å². The molecule has 0 unspecified atom stereocenters. The zero-order valence-electron chi connectivity index (χ0n) is 21.2. The Balaban J connectivity index is 1.08. The van der Waals surface area contributed by atoms with E-state index in [9.17, 15) is 0 Å². The van der Waals surface area contributed by atoms with Gasteiger partial charge in [0, 0.05) is 18.3 Å². The number of hydrogen-bond acceptors (Lipinski definition) is 5. The number of rotatable bonds is 6. The van der Waals surface area contributed by atoms with Crippen molar-refractivity contribution in [2.24, 2.45) is 23.7 Å². The fourth-order valence-electron chi connectivity index (χ4n) is 7.31. The highest BCUT2D eigenvalue weighted by molar-refractivity contribution is 5.63. The molecule has 5 aliphatic rings. The number of ether oxygens (including phenoxy) is 3. The molecule has 7 rings (SSSR count). The van der Waals surface area contributed by atoms with Crippen molar-refractivity contribution in [1.29, 1.82) is 0 Å². The Morgan fingerprint density at radius 2 is 1.63 bits per heavy atom. The lowest BCUT2D eigenvalue weighted by Crippen LogP contribution is -2.69. The highest BCUT2D eigenvalue weighted by Crippen LogP contribution is 2.61. The van der Waals surface area contributed by atoms with Crippen LogP contribution in [0.1, 0.15) is 52.9 Å². The van der Waals surface area contributed by atoms with E-state index in [1.54, 1.807) is 0 Å². The number of fused-ring (bicyclic) bond motifs is 2. The molecule has 2 bridgehead atoms. The predicted octanol–water partition coefficient (Wildman–Crippen LogP) is 6.42. The van der Waals surface area contributed by atoms with Gasteiger partial charge >= 0.3 is 0 Å². The van der Waals surface area contributed by atoms with Crippen molar-refractivity contribution in [2.75, 3.05) is 13.2 Å². The molecule has 188 valence electrons. The molecule has 1 spiro atoms. The molecule has 5 heteroatoms. The average Bonchev–Trinajstić information content (AvgIpc) is 3.11. The third-order valence-corrected chi connectivity index (χ3v) is 9.23. The average molecular weight is 479 g/mol. The first-order valence-corrected chi connectivity index (χ1v) is 13.4. The van der Waals surface area contributed by atoms with Crippen LogP contribution in [-0.2, 0) is 19.2 Å². The Hall–Kier alpha value is -1.92. The van der Waals surface area contributed by atoms with Gasteiger partial charge in [-0.05, 0) is 67.7 Å². The van der Waals surface area contributed by atoms with Crippen molar-refractivity contribution in [3.05, 3.63) is 54.6 Å². The minimum atomic E-state index is -0.329. The van der Waals surface area contributed by atoms with Gasteiger partial charge in [-0.3, -0.25) is 0 Å². The Bertz CT molecular complexity index is 1010. The van der Waals surface area contributed by atoms with Crippen molar-refractivity contribution in [2.45, 2.75) is 76.5 Å². The van der Waals surface area contributed by atoms with Crippen LogP contribution >= 0.6 is 0 Å². The van der Waals surface area contributed by atoms with Crippen LogP contribution in [0.5, 0.6) is 5.75 Å². The van der Waals surface area contributed by atoms with Gasteiger partial charge in [0.15, 0.2) is 6.29 Å². The summed E-state index contributed by atoms with van der Waals surface area (Å²) in [6.45, 7) is 7.81. The molecule has 0 aromatic heterocycles. The Morgan fingerprint density at radius 3 is 2.43 bits per heavy atom.